The summed E-state index contributed by atoms with van der Waals surface area (Å²) in [4.78, 5) is 29.6. The molecule has 0 N–H and O–H groups in total. The maximum absolute atomic E-state index is 12.4. The fourth-order valence-electron chi connectivity index (χ4n) is 3.20. The number of urea groups is 1. The molecule has 3 amide bonds. The molecule has 138 valence electrons. The Balaban J connectivity index is 1.83. The van der Waals surface area contributed by atoms with Crippen molar-refractivity contribution in [3.05, 3.63) is 29.8 Å². The Kier molecular flexibility index (Phi) is 5.11. The van der Waals surface area contributed by atoms with E-state index in [-0.39, 0.29) is 25.1 Å². The molecule has 0 bridgehead atoms. The Bertz CT molecular complexity index is 728. The number of carbonyl (C=O) groups is 2. The summed E-state index contributed by atoms with van der Waals surface area (Å²) in [6, 6.07) is 8.80. The lowest BCUT2D eigenvalue weighted by atomic mass is 10.0. The first-order valence-electron chi connectivity index (χ1n) is 8.43. The first kappa shape index (κ1) is 18.2. The molecule has 2 fully saturated rings. The molecule has 0 saturated carbocycles. The Morgan fingerprint density at radius 2 is 2.00 bits per heavy atom. The highest BCUT2D eigenvalue weighted by atomic mass is 16.6. The molecule has 8 nitrogen and oxygen atoms in total. The van der Waals surface area contributed by atoms with Crippen LogP contribution in [0.25, 0.3) is 0 Å². The largest absolute Gasteiger partial charge is 0.376 e. The third-order valence-electron chi connectivity index (χ3n) is 4.56. The second-order valence-electron chi connectivity index (χ2n) is 6.76. The highest BCUT2D eigenvalue weighted by Gasteiger charge is 2.44. The molecule has 1 spiro atoms. The van der Waals surface area contributed by atoms with Gasteiger partial charge in [0.05, 0.1) is 37.9 Å². The highest BCUT2D eigenvalue weighted by molar-refractivity contribution is 5.95. The number of nitrogens with zero attached hydrogens (tertiary/aromatic N) is 4. The van der Waals surface area contributed by atoms with Gasteiger partial charge < -0.3 is 24.2 Å². The monoisotopic (exact) mass is 358 g/mol. The summed E-state index contributed by atoms with van der Waals surface area (Å²) < 4.78 is 11.6. The first-order valence-corrected chi connectivity index (χ1v) is 8.43. The number of ether oxygens (including phenoxy) is 2. The van der Waals surface area contributed by atoms with Crippen molar-refractivity contribution in [1.29, 1.82) is 5.26 Å². The number of morpholine rings is 1. The zero-order chi connectivity index (χ0) is 18.7. The third-order valence-corrected chi connectivity index (χ3v) is 4.56. The van der Waals surface area contributed by atoms with Gasteiger partial charge in [0.15, 0.2) is 0 Å². The molecule has 0 aliphatic carbocycles. The van der Waals surface area contributed by atoms with Crippen LogP contribution in [-0.2, 0) is 14.3 Å². The number of benzene rings is 1. The number of hydrogen-bond donors (Lipinski definition) is 0. The van der Waals surface area contributed by atoms with Crippen LogP contribution in [0.5, 0.6) is 0 Å². The van der Waals surface area contributed by atoms with Crippen molar-refractivity contribution >= 4 is 17.6 Å². The Labute approximate surface area is 152 Å². The van der Waals surface area contributed by atoms with Gasteiger partial charge in [-0.2, -0.15) is 5.26 Å². The van der Waals surface area contributed by atoms with E-state index >= 15 is 0 Å². The lowest BCUT2D eigenvalue weighted by molar-refractivity contribution is -0.145. The molecule has 0 radical (unpaired) electrons. The average molecular weight is 358 g/mol. The molecule has 26 heavy (non-hydrogen) atoms. The van der Waals surface area contributed by atoms with Crippen LogP contribution in [0.2, 0.25) is 0 Å². The van der Waals surface area contributed by atoms with Crippen molar-refractivity contribution in [2.45, 2.75) is 5.60 Å². The number of amides is 3. The Morgan fingerprint density at radius 3 is 2.65 bits per heavy atom. The summed E-state index contributed by atoms with van der Waals surface area (Å²) >= 11 is 0. The van der Waals surface area contributed by atoms with Gasteiger partial charge >= 0.3 is 6.03 Å². The van der Waals surface area contributed by atoms with E-state index in [0.717, 1.165) is 0 Å². The summed E-state index contributed by atoms with van der Waals surface area (Å²) in [5.41, 5.74) is 0.459. The normalized spacial score (nSPS) is 23.5. The molecule has 2 aliphatic rings. The molecule has 2 aliphatic heterocycles. The number of hydrogen-bond acceptors (Lipinski definition) is 5. The van der Waals surface area contributed by atoms with Gasteiger partial charge in [0, 0.05) is 26.3 Å². The van der Waals surface area contributed by atoms with Crippen molar-refractivity contribution in [3.63, 3.8) is 0 Å². The molecule has 2 heterocycles. The Morgan fingerprint density at radius 1 is 1.27 bits per heavy atom. The summed E-state index contributed by atoms with van der Waals surface area (Å²) in [7, 11) is 3.41. The molecular weight excluding hydrogens is 336 g/mol. The van der Waals surface area contributed by atoms with Gasteiger partial charge in [-0.25, -0.2) is 4.79 Å². The molecule has 1 aromatic carbocycles. The predicted octanol–water partition coefficient (Wildman–Crippen LogP) is 0.674. The number of carbonyl (C=O) groups excluding carboxylic acids is 2. The van der Waals surface area contributed by atoms with E-state index in [0.29, 0.717) is 37.6 Å². The predicted molar refractivity (Wildman–Crippen MR) is 93.7 cm³/mol. The molecule has 0 unspecified atom stereocenters. The second kappa shape index (κ2) is 7.32. The molecule has 8 heteroatoms. The SMILES string of the molecule is CN(C)C(=O)N1CCOC[C@@]2(C1)CN(c1ccc(C#N)cc1)C(=O)CO2. The maximum atomic E-state index is 12.4. The van der Waals surface area contributed by atoms with E-state index in [9.17, 15) is 9.59 Å². The Hall–Kier alpha value is -2.63. The van der Waals surface area contributed by atoms with Crippen LogP contribution >= 0.6 is 0 Å². The van der Waals surface area contributed by atoms with Gasteiger partial charge in [-0.3, -0.25) is 4.79 Å². The lowest BCUT2D eigenvalue weighted by Crippen LogP contribution is -2.61. The third kappa shape index (κ3) is 3.64. The lowest BCUT2D eigenvalue weighted by Gasteiger charge is -2.43. The number of nitriles is 1. The van der Waals surface area contributed by atoms with Gasteiger partial charge in [0.2, 0.25) is 0 Å². The first-order chi connectivity index (χ1) is 12.4. The standard InChI is InChI=1S/C18H22N4O4/c1-20(2)17(24)21-7-8-25-13-18(11-21)12-22(16(23)10-26-18)15-5-3-14(9-19)4-6-15/h3-6H,7-8,10-13H2,1-2H3/t18-/m1/s1. The van der Waals surface area contributed by atoms with Crippen LogP contribution in [-0.4, -0.2) is 80.9 Å². The van der Waals surface area contributed by atoms with Crippen molar-refractivity contribution in [3.8, 4) is 6.07 Å². The van der Waals surface area contributed by atoms with Crippen LogP contribution in [0.15, 0.2) is 24.3 Å². The minimum Gasteiger partial charge on any atom is -0.376 e. The number of anilines is 1. The van der Waals surface area contributed by atoms with Crippen LogP contribution in [0, 0.1) is 11.3 Å². The van der Waals surface area contributed by atoms with E-state index in [1.165, 1.54) is 4.90 Å². The average Bonchev–Trinajstić information content (AvgIpc) is 2.86. The number of rotatable bonds is 1. The molecule has 1 atom stereocenters. The quantitative estimate of drug-likeness (QED) is 0.737. The van der Waals surface area contributed by atoms with Crippen molar-refractivity contribution in [2.75, 3.05) is 58.5 Å². The van der Waals surface area contributed by atoms with Gasteiger partial charge in [0.1, 0.15) is 12.2 Å². The van der Waals surface area contributed by atoms with E-state index in [1.54, 1.807) is 48.2 Å². The minimum absolute atomic E-state index is 0.0760. The minimum atomic E-state index is -0.774. The summed E-state index contributed by atoms with van der Waals surface area (Å²) in [6.45, 7) is 1.78. The van der Waals surface area contributed by atoms with E-state index in [4.69, 9.17) is 14.7 Å². The fourth-order valence-corrected chi connectivity index (χ4v) is 3.20. The fraction of sp³-hybridized carbons (Fsp3) is 0.500. The van der Waals surface area contributed by atoms with E-state index in [1.807, 2.05) is 0 Å². The molecule has 0 aromatic heterocycles. The van der Waals surface area contributed by atoms with Gasteiger partial charge in [-0.15, -0.1) is 0 Å². The zero-order valence-electron chi connectivity index (χ0n) is 15.0. The maximum Gasteiger partial charge on any atom is 0.319 e. The van der Waals surface area contributed by atoms with Crippen molar-refractivity contribution in [2.24, 2.45) is 0 Å². The summed E-state index contributed by atoms with van der Waals surface area (Å²) in [5, 5.41) is 8.94. The molecule has 2 saturated heterocycles. The van der Waals surface area contributed by atoms with Gasteiger partial charge in [-0.05, 0) is 24.3 Å². The van der Waals surface area contributed by atoms with Crippen LogP contribution in [0.1, 0.15) is 5.56 Å². The summed E-state index contributed by atoms with van der Waals surface area (Å²) in [6.07, 6.45) is 0. The van der Waals surface area contributed by atoms with Gasteiger partial charge in [-0.1, -0.05) is 0 Å². The topological polar surface area (TPSA) is 86.1 Å². The van der Waals surface area contributed by atoms with Gasteiger partial charge in [0.25, 0.3) is 5.91 Å². The van der Waals surface area contributed by atoms with Crippen LogP contribution < -0.4 is 4.90 Å². The zero-order valence-corrected chi connectivity index (χ0v) is 15.0. The second-order valence-corrected chi connectivity index (χ2v) is 6.76. The van der Waals surface area contributed by atoms with E-state index in [2.05, 4.69) is 6.07 Å². The highest BCUT2D eigenvalue weighted by Crippen LogP contribution is 2.27. The van der Waals surface area contributed by atoms with Crippen molar-refractivity contribution < 1.29 is 19.1 Å². The molecule has 1 aromatic rings. The smallest absolute Gasteiger partial charge is 0.319 e. The van der Waals surface area contributed by atoms with Crippen LogP contribution in [0.4, 0.5) is 10.5 Å². The van der Waals surface area contributed by atoms with Crippen LogP contribution in [0.3, 0.4) is 0 Å². The summed E-state index contributed by atoms with van der Waals surface area (Å²) in [5.74, 6) is -0.157. The van der Waals surface area contributed by atoms with E-state index < -0.39 is 5.60 Å². The van der Waals surface area contributed by atoms with Crippen molar-refractivity contribution in [1.82, 2.24) is 9.80 Å². The molecule has 3 rings (SSSR count). The molecular formula is C18H22N4O4.